The summed E-state index contributed by atoms with van der Waals surface area (Å²) in [6, 6.07) is 0. The van der Waals surface area contributed by atoms with Crippen LogP contribution in [0.3, 0.4) is 0 Å². The Balaban J connectivity index is 2.00. The van der Waals surface area contributed by atoms with Gasteiger partial charge in [-0.3, -0.25) is 0 Å². The molecule has 0 aromatic rings. The minimum Gasteiger partial charge on any atom is -0.381 e. The molecule has 0 spiro atoms. The van der Waals surface area contributed by atoms with Crippen molar-refractivity contribution in [2.45, 2.75) is 44.9 Å². The second-order valence-corrected chi connectivity index (χ2v) is 3.88. The third kappa shape index (κ3) is 1.89. The van der Waals surface area contributed by atoms with Crippen LogP contribution in [0.4, 0.5) is 0 Å². The molecule has 12 heavy (non-hydrogen) atoms. The molecule has 1 nitrogen and oxygen atoms in total. The fourth-order valence-electron chi connectivity index (χ4n) is 2.30. The van der Waals surface area contributed by atoms with Crippen molar-refractivity contribution < 1.29 is 4.74 Å². The topological polar surface area (TPSA) is 9.23 Å². The summed E-state index contributed by atoms with van der Waals surface area (Å²) >= 11 is 0. The first-order valence-electron chi connectivity index (χ1n) is 5.24. The van der Waals surface area contributed by atoms with E-state index in [4.69, 9.17) is 4.74 Å². The highest BCUT2D eigenvalue weighted by molar-refractivity contribution is 5.16. The van der Waals surface area contributed by atoms with Gasteiger partial charge < -0.3 is 4.74 Å². The van der Waals surface area contributed by atoms with Gasteiger partial charge in [0, 0.05) is 0 Å². The maximum absolute atomic E-state index is 5.36. The van der Waals surface area contributed by atoms with Crippen molar-refractivity contribution in [2.24, 2.45) is 0 Å². The lowest BCUT2D eigenvalue weighted by atomic mass is 9.88. The Bertz CT molecular complexity index is 145. The molecule has 1 aliphatic carbocycles. The largest absolute Gasteiger partial charge is 0.381 e. The summed E-state index contributed by atoms with van der Waals surface area (Å²) in [5, 5.41) is 0. The van der Waals surface area contributed by atoms with E-state index in [-0.39, 0.29) is 0 Å². The van der Waals surface area contributed by atoms with Gasteiger partial charge in [0.2, 0.25) is 0 Å². The molecule has 2 aliphatic rings. The zero-order valence-electron chi connectivity index (χ0n) is 7.77. The van der Waals surface area contributed by atoms with Crippen LogP contribution in [0, 0.1) is 0 Å². The standard InChI is InChI=1S/C11H18O/c1-2-4-10(5-3-1)11-6-8-12-9-7-11/h1-9H2. The van der Waals surface area contributed by atoms with Crippen LogP contribution in [0.25, 0.3) is 0 Å². The summed E-state index contributed by atoms with van der Waals surface area (Å²) in [5.74, 6) is 0. The van der Waals surface area contributed by atoms with Crippen LogP contribution in [0.5, 0.6) is 0 Å². The van der Waals surface area contributed by atoms with Crippen LogP contribution >= 0.6 is 0 Å². The monoisotopic (exact) mass is 166 g/mol. The van der Waals surface area contributed by atoms with Gasteiger partial charge >= 0.3 is 0 Å². The van der Waals surface area contributed by atoms with E-state index in [9.17, 15) is 0 Å². The molecule has 1 aliphatic heterocycles. The van der Waals surface area contributed by atoms with Crippen molar-refractivity contribution in [1.82, 2.24) is 0 Å². The summed E-state index contributed by atoms with van der Waals surface area (Å²) in [4.78, 5) is 0. The molecule has 2 rings (SSSR count). The Kier molecular flexibility index (Phi) is 2.83. The lowest BCUT2D eigenvalue weighted by molar-refractivity contribution is 0.118. The first-order chi connectivity index (χ1) is 5.97. The Hall–Kier alpha value is -0.300. The van der Waals surface area contributed by atoms with Crippen molar-refractivity contribution in [1.29, 1.82) is 0 Å². The SMILES string of the molecule is C1CCC(=C2CCOCC2)CC1. The molecule has 1 heterocycles. The fourth-order valence-corrected chi connectivity index (χ4v) is 2.30. The Morgan fingerprint density at radius 1 is 0.667 bits per heavy atom. The van der Waals surface area contributed by atoms with Gasteiger partial charge in [-0.05, 0) is 38.5 Å². The van der Waals surface area contributed by atoms with Gasteiger partial charge in [-0.2, -0.15) is 0 Å². The number of rotatable bonds is 0. The second-order valence-electron chi connectivity index (χ2n) is 3.88. The van der Waals surface area contributed by atoms with E-state index in [1.807, 2.05) is 0 Å². The van der Waals surface area contributed by atoms with E-state index in [2.05, 4.69) is 0 Å². The summed E-state index contributed by atoms with van der Waals surface area (Å²) < 4.78 is 5.36. The molecule has 68 valence electrons. The van der Waals surface area contributed by atoms with Gasteiger partial charge in [0.25, 0.3) is 0 Å². The highest BCUT2D eigenvalue weighted by Gasteiger charge is 2.13. The molecule has 2 fully saturated rings. The van der Waals surface area contributed by atoms with Gasteiger partial charge in [0.1, 0.15) is 0 Å². The lowest BCUT2D eigenvalue weighted by Gasteiger charge is -2.22. The maximum atomic E-state index is 5.36. The lowest BCUT2D eigenvalue weighted by Crippen LogP contribution is -2.10. The minimum atomic E-state index is 0.971. The van der Waals surface area contributed by atoms with Crippen molar-refractivity contribution in [3.05, 3.63) is 11.1 Å². The van der Waals surface area contributed by atoms with E-state index in [0.29, 0.717) is 0 Å². The quantitative estimate of drug-likeness (QED) is 0.502. The zero-order chi connectivity index (χ0) is 8.23. The average molecular weight is 166 g/mol. The van der Waals surface area contributed by atoms with Gasteiger partial charge in [-0.25, -0.2) is 0 Å². The van der Waals surface area contributed by atoms with Crippen molar-refractivity contribution in [2.75, 3.05) is 13.2 Å². The molecule has 0 bridgehead atoms. The third-order valence-electron chi connectivity index (χ3n) is 3.05. The molecule has 0 unspecified atom stereocenters. The van der Waals surface area contributed by atoms with E-state index >= 15 is 0 Å². The van der Waals surface area contributed by atoms with E-state index in [0.717, 1.165) is 13.2 Å². The number of hydrogen-bond donors (Lipinski definition) is 0. The molecule has 1 heteroatoms. The summed E-state index contributed by atoms with van der Waals surface area (Å²) in [7, 11) is 0. The Morgan fingerprint density at radius 2 is 1.25 bits per heavy atom. The smallest absolute Gasteiger partial charge is 0.0503 e. The molecule has 1 saturated heterocycles. The summed E-state index contributed by atoms with van der Waals surface area (Å²) in [6.07, 6.45) is 9.52. The number of allylic oxidation sites excluding steroid dienone is 1. The van der Waals surface area contributed by atoms with Crippen LogP contribution in [-0.4, -0.2) is 13.2 Å². The first-order valence-corrected chi connectivity index (χ1v) is 5.24. The third-order valence-corrected chi connectivity index (χ3v) is 3.05. The molecular formula is C11H18O. The number of ether oxygens (including phenoxy) is 1. The van der Waals surface area contributed by atoms with Crippen molar-refractivity contribution >= 4 is 0 Å². The average Bonchev–Trinajstić information content (AvgIpc) is 2.21. The molecule has 0 amide bonds. The van der Waals surface area contributed by atoms with Crippen LogP contribution in [0.2, 0.25) is 0 Å². The second kappa shape index (κ2) is 4.08. The highest BCUT2D eigenvalue weighted by Crippen LogP contribution is 2.29. The molecule has 0 aromatic carbocycles. The highest BCUT2D eigenvalue weighted by atomic mass is 16.5. The Labute approximate surface area is 74.8 Å². The molecular weight excluding hydrogens is 148 g/mol. The van der Waals surface area contributed by atoms with Crippen molar-refractivity contribution in [3.63, 3.8) is 0 Å². The summed E-state index contributed by atoms with van der Waals surface area (Å²) in [5.41, 5.74) is 3.52. The zero-order valence-corrected chi connectivity index (χ0v) is 7.77. The van der Waals surface area contributed by atoms with Gasteiger partial charge in [0.15, 0.2) is 0 Å². The van der Waals surface area contributed by atoms with Gasteiger partial charge in [-0.1, -0.05) is 17.6 Å². The molecule has 0 N–H and O–H groups in total. The van der Waals surface area contributed by atoms with Crippen LogP contribution < -0.4 is 0 Å². The predicted molar refractivity (Wildman–Crippen MR) is 50.2 cm³/mol. The normalized spacial score (nSPS) is 26.0. The van der Waals surface area contributed by atoms with Crippen molar-refractivity contribution in [3.8, 4) is 0 Å². The van der Waals surface area contributed by atoms with Gasteiger partial charge in [0.05, 0.1) is 13.2 Å². The van der Waals surface area contributed by atoms with E-state index in [1.54, 1.807) is 11.1 Å². The maximum Gasteiger partial charge on any atom is 0.0503 e. The first kappa shape index (κ1) is 8.31. The van der Waals surface area contributed by atoms with E-state index < -0.39 is 0 Å². The predicted octanol–water partition coefficient (Wildman–Crippen LogP) is 3.06. The van der Waals surface area contributed by atoms with Crippen LogP contribution in [0.15, 0.2) is 11.1 Å². The molecule has 0 atom stereocenters. The van der Waals surface area contributed by atoms with Gasteiger partial charge in [-0.15, -0.1) is 0 Å². The molecule has 1 saturated carbocycles. The Morgan fingerprint density at radius 3 is 1.92 bits per heavy atom. The van der Waals surface area contributed by atoms with Crippen LogP contribution in [0.1, 0.15) is 44.9 Å². The summed E-state index contributed by atoms with van der Waals surface area (Å²) in [6.45, 7) is 1.94. The minimum absolute atomic E-state index is 0.971. The van der Waals surface area contributed by atoms with E-state index in [1.165, 1.54) is 44.9 Å². The van der Waals surface area contributed by atoms with Crippen LogP contribution in [-0.2, 0) is 4.74 Å². The molecule has 0 aromatic heterocycles. The fraction of sp³-hybridized carbons (Fsp3) is 0.818. The number of hydrogen-bond acceptors (Lipinski definition) is 1. The molecule has 0 radical (unpaired) electrons.